The number of piperazine rings is 1. The molecule has 0 spiro atoms. The van der Waals surface area contributed by atoms with Crippen LogP contribution in [0, 0.1) is 5.92 Å². The highest BCUT2D eigenvalue weighted by atomic mass is 16.5. The van der Waals surface area contributed by atoms with E-state index in [0.717, 1.165) is 0 Å². The minimum absolute atomic E-state index is 0.00118. The van der Waals surface area contributed by atoms with Gasteiger partial charge >= 0.3 is 0 Å². The van der Waals surface area contributed by atoms with Crippen LogP contribution in [0.2, 0.25) is 0 Å². The van der Waals surface area contributed by atoms with E-state index in [1.165, 1.54) is 0 Å². The molecular formula is C19H25N3O4. The third kappa shape index (κ3) is 3.81. The number of ether oxygens (including phenoxy) is 1. The standard InChI is InChI=1S/C19H25N3O4/c1-14(2)19(25)21-11-9-20(10-12-21)17(23)7-8-22-15-5-3-4-6-16(15)26-13-18(22)24/h3-6,14H,7-13H2,1-2H3. The topological polar surface area (TPSA) is 70.2 Å². The molecule has 1 fully saturated rings. The number of amides is 3. The molecule has 1 aromatic rings. The summed E-state index contributed by atoms with van der Waals surface area (Å²) in [6.45, 7) is 6.35. The molecule has 26 heavy (non-hydrogen) atoms. The second-order valence-corrected chi connectivity index (χ2v) is 6.91. The van der Waals surface area contributed by atoms with Crippen molar-refractivity contribution in [1.82, 2.24) is 9.80 Å². The van der Waals surface area contributed by atoms with E-state index in [9.17, 15) is 14.4 Å². The van der Waals surface area contributed by atoms with Crippen LogP contribution in [-0.4, -0.2) is 66.9 Å². The van der Waals surface area contributed by atoms with Gasteiger partial charge in [0, 0.05) is 45.1 Å². The highest BCUT2D eigenvalue weighted by Gasteiger charge is 2.28. The van der Waals surface area contributed by atoms with Crippen molar-refractivity contribution in [2.75, 3.05) is 44.2 Å². The summed E-state index contributed by atoms with van der Waals surface area (Å²) < 4.78 is 5.42. The summed E-state index contributed by atoms with van der Waals surface area (Å²) in [5.41, 5.74) is 0.712. The lowest BCUT2D eigenvalue weighted by atomic mass is 10.1. The molecule has 2 heterocycles. The van der Waals surface area contributed by atoms with Crippen LogP contribution in [0.4, 0.5) is 5.69 Å². The maximum atomic E-state index is 12.5. The van der Waals surface area contributed by atoms with Crippen molar-refractivity contribution in [3.8, 4) is 5.75 Å². The van der Waals surface area contributed by atoms with Crippen LogP contribution in [0.3, 0.4) is 0 Å². The molecule has 7 nitrogen and oxygen atoms in total. The van der Waals surface area contributed by atoms with Crippen molar-refractivity contribution in [3.63, 3.8) is 0 Å². The van der Waals surface area contributed by atoms with Crippen LogP contribution in [0.1, 0.15) is 20.3 Å². The van der Waals surface area contributed by atoms with Gasteiger partial charge in [0.05, 0.1) is 5.69 Å². The van der Waals surface area contributed by atoms with E-state index < -0.39 is 0 Å². The van der Waals surface area contributed by atoms with Gasteiger partial charge in [-0.05, 0) is 12.1 Å². The van der Waals surface area contributed by atoms with Gasteiger partial charge in [-0.15, -0.1) is 0 Å². The molecule has 0 radical (unpaired) electrons. The Bertz CT molecular complexity index is 696. The number of fused-ring (bicyclic) bond motifs is 1. The van der Waals surface area contributed by atoms with Gasteiger partial charge in [0.2, 0.25) is 11.8 Å². The first kappa shape index (κ1) is 18.2. The molecule has 0 bridgehead atoms. The van der Waals surface area contributed by atoms with Crippen molar-refractivity contribution >= 4 is 23.4 Å². The summed E-state index contributed by atoms with van der Waals surface area (Å²) >= 11 is 0. The Morgan fingerprint density at radius 1 is 1.08 bits per heavy atom. The summed E-state index contributed by atoms with van der Waals surface area (Å²) in [4.78, 5) is 41.9. The number of rotatable bonds is 4. The van der Waals surface area contributed by atoms with Gasteiger partial charge in [-0.25, -0.2) is 0 Å². The monoisotopic (exact) mass is 359 g/mol. The van der Waals surface area contributed by atoms with Gasteiger partial charge in [0.15, 0.2) is 6.61 Å². The zero-order chi connectivity index (χ0) is 18.7. The molecule has 140 valence electrons. The quantitative estimate of drug-likeness (QED) is 0.808. The number of hydrogen-bond donors (Lipinski definition) is 0. The van der Waals surface area contributed by atoms with E-state index in [-0.39, 0.29) is 36.7 Å². The Labute approximate surface area is 153 Å². The molecule has 0 aliphatic carbocycles. The zero-order valence-electron chi connectivity index (χ0n) is 15.3. The van der Waals surface area contributed by atoms with Crippen LogP contribution in [-0.2, 0) is 14.4 Å². The molecule has 0 saturated carbocycles. The van der Waals surface area contributed by atoms with Crippen LogP contribution in [0.15, 0.2) is 24.3 Å². The summed E-state index contributed by atoms with van der Waals surface area (Å²) in [5.74, 6) is 0.653. The number of nitrogens with zero attached hydrogens (tertiary/aromatic N) is 3. The third-order valence-electron chi connectivity index (χ3n) is 4.80. The fourth-order valence-corrected chi connectivity index (χ4v) is 3.31. The van der Waals surface area contributed by atoms with E-state index in [1.807, 2.05) is 43.0 Å². The Hall–Kier alpha value is -2.57. The number of para-hydroxylation sites is 2. The first-order chi connectivity index (χ1) is 12.5. The number of carbonyl (C=O) groups is 3. The van der Waals surface area contributed by atoms with Crippen LogP contribution < -0.4 is 9.64 Å². The fraction of sp³-hybridized carbons (Fsp3) is 0.526. The van der Waals surface area contributed by atoms with Crippen LogP contribution >= 0.6 is 0 Å². The Morgan fingerprint density at radius 2 is 1.73 bits per heavy atom. The van der Waals surface area contributed by atoms with Gasteiger partial charge in [-0.3, -0.25) is 14.4 Å². The molecule has 3 amide bonds. The van der Waals surface area contributed by atoms with Crippen molar-refractivity contribution < 1.29 is 19.1 Å². The molecule has 1 saturated heterocycles. The lowest BCUT2D eigenvalue weighted by Gasteiger charge is -2.36. The molecule has 1 aromatic carbocycles. The molecule has 2 aliphatic heterocycles. The Kier molecular flexibility index (Phi) is 5.44. The predicted molar refractivity (Wildman–Crippen MR) is 96.9 cm³/mol. The average molecular weight is 359 g/mol. The first-order valence-electron chi connectivity index (χ1n) is 9.06. The van der Waals surface area contributed by atoms with E-state index in [0.29, 0.717) is 44.2 Å². The van der Waals surface area contributed by atoms with Crippen molar-refractivity contribution in [2.45, 2.75) is 20.3 Å². The van der Waals surface area contributed by atoms with Gasteiger partial charge in [-0.2, -0.15) is 0 Å². The maximum absolute atomic E-state index is 12.5. The summed E-state index contributed by atoms with van der Waals surface area (Å²) in [7, 11) is 0. The maximum Gasteiger partial charge on any atom is 0.265 e. The van der Waals surface area contributed by atoms with Crippen molar-refractivity contribution in [1.29, 1.82) is 0 Å². The molecule has 7 heteroatoms. The molecule has 0 unspecified atom stereocenters. The third-order valence-corrected chi connectivity index (χ3v) is 4.80. The first-order valence-corrected chi connectivity index (χ1v) is 9.06. The van der Waals surface area contributed by atoms with Gasteiger partial charge in [-0.1, -0.05) is 26.0 Å². The normalized spacial score (nSPS) is 17.2. The Morgan fingerprint density at radius 3 is 2.42 bits per heavy atom. The van der Waals surface area contributed by atoms with Gasteiger partial charge in [0.25, 0.3) is 5.91 Å². The van der Waals surface area contributed by atoms with E-state index >= 15 is 0 Å². The highest BCUT2D eigenvalue weighted by molar-refractivity contribution is 5.98. The van der Waals surface area contributed by atoms with Crippen LogP contribution in [0.5, 0.6) is 5.75 Å². The molecule has 0 N–H and O–H groups in total. The largest absolute Gasteiger partial charge is 0.482 e. The minimum atomic E-state index is -0.135. The lowest BCUT2D eigenvalue weighted by Crippen LogP contribution is -2.52. The number of benzene rings is 1. The second-order valence-electron chi connectivity index (χ2n) is 6.91. The average Bonchev–Trinajstić information content (AvgIpc) is 2.66. The summed E-state index contributed by atoms with van der Waals surface area (Å²) in [6.07, 6.45) is 0.262. The number of carbonyl (C=O) groups excluding carboxylic acids is 3. The van der Waals surface area contributed by atoms with E-state index in [2.05, 4.69) is 0 Å². The molecule has 2 aliphatic rings. The molecule has 3 rings (SSSR count). The lowest BCUT2D eigenvalue weighted by molar-refractivity contribution is -0.141. The van der Waals surface area contributed by atoms with E-state index in [1.54, 1.807) is 9.80 Å². The molecule has 0 aromatic heterocycles. The van der Waals surface area contributed by atoms with Crippen LogP contribution in [0.25, 0.3) is 0 Å². The Balaban J connectivity index is 1.54. The minimum Gasteiger partial charge on any atom is -0.482 e. The van der Waals surface area contributed by atoms with Gasteiger partial charge < -0.3 is 19.4 Å². The van der Waals surface area contributed by atoms with E-state index in [4.69, 9.17) is 4.74 Å². The predicted octanol–water partition coefficient (Wildman–Crippen LogP) is 1.13. The van der Waals surface area contributed by atoms with Crippen molar-refractivity contribution in [3.05, 3.63) is 24.3 Å². The smallest absolute Gasteiger partial charge is 0.265 e. The van der Waals surface area contributed by atoms with Gasteiger partial charge in [0.1, 0.15) is 5.75 Å². The number of hydrogen-bond acceptors (Lipinski definition) is 4. The number of anilines is 1. The second kappa shape index (κ2) is 7.76. The molecular weight excluding hydrogens is 334 g/mol. The zero-order valence-corrected chi connectivity index (χ0v) is 15.3. The SMILES string of the molecule is CC(C)C(=O)N1CCN(C(=O)CCN2C(=O)COc3ccccc32)CC1. The summed E-state index contributed by atoms with van der Waals surface area (Å²) in [5, 5.41) is 0. The molecule has 0 atom stereocenters. The van der Waals surface area contributed by atoms with Crippen molar-refractivity contribution in [2.24, 2.45) is 5.92 Å². The summed E-state index contributed by atoms with van der Waals surface area (Å²) in [6, 6.07) is 7.35. The fourth-order valence-electron chi connectivity index (χ4n) is 3.31. The highest BCUT2D eigenvalue weighted by Crippen LogP contribution is 2.31.